The fourth-order valence-electron chi connectivity index (χ4n) is 3.57. The molecule has 4 nitrogen and oxygen atoms in total. The average molecular weight is 310 g/mol. The highest BCUT2D eigenvalue weighted by Gasteiger charge is 2.43. The molecule has 1 N–H and O–H groups in total. The molecular weight excluding hydrogens is 284 g/mol. The van der Waals surface area contributed by atoms with Crippen LogP contribution in [0.3, 0.4) is 0 Å². The number of thiazole rings is 1. The number of aromatic nitrogens is 1. The van der Waals surface area contributed by atoms with Gasteiger partial charge in [0.2, 0.25) is 0 Å². The van der Waals surface area contributed by atoms with Crippen molar-refractivity contribution in [2.75, 3.05) is 13.1 Å². The van der Waals surface area contributed by atoms with Gasteiger partial charge >= 0.3 is 5.97 Å². The number of piperidine rings is 1. The number of hydrogen-bond acceptors (Lipinski definition) is 4. The molecule has 1 aliphatic rings. The number of carboxylic acid groups (broad SMARTS) is 1. The number of aliphatic carboxylic acids is 1. The lowest BCUT2D eigenvalue weighted by atomic mass is 9.76. The van der Waals surface area contributed by atoms with Crippen molar-refractivity contribution in [2.24, 2.45) is 5.41 Å². The SMILES string of the molecule is CCCC1(C(=O)O)CCCN(C(C)c2nc(C)sc2C)C1. The molecule has 2 atom stereocenters. The van der Waals surface area contributed by atoms with Crippen molar-refractivity contribution in [1.29, 1.82) is 0 Å². The van der Waals surface area contributed by atoms with E-state index < -0.39 is 11.4 Å². The van der Waals surface area contributed by atoms with Crippen LogP contribution in [0.2, 0.25) is 0 Å². The lowest BCUT2D eigenvalue weighted by molar-refractivity contribution is -0.154. The van der Waals surface area contributed by atoms with Crippen molar-refractivity contribution in [3.05, 3.63) is 15.6 Å². The third-order valence-corrected chi connectivity index (χ3v) is 5.57. The highest BCUT2D eigenvalue weighted by atomic mass is 32.1. The number of nitrogens with zero attached hydrogens (tertiary/aromatic N) is 2. The van der Waals surface area contributed by atoms with Crippen molar-refractivity contribution < 1.29 is 9.90 Å². The molecule has 0 spiro atoms. The smallest absolute Gasteiger partial charge is 0.310 e. The summed E-state index contributed by atoms with van der Waals surface area (Å²) < 4.78 is 0. The van der Waals surface area contributed by atoms with Crippen LogP contribution in [0, 0.1) is 19.3 Å². The van der Waals surface area contributed by atoms with E-state index in [0.29, 0.717) is 6.54 Å². The van der Waals surface area contributed by atoms with Crippen LogP contribution in [0.25, 0.3) is 0 Å². The Morgan fingerprint density at radius 1 is 1.52 bits per heavy atom. The minimum atomic E-state index is -0.632. The zero-order valence-corrected chi connectivity index (χ0v) is 14.3. The number of carboxylic acids is 1. The van der Waals surface area contributed by atoms with Gasteiger partial charge in [-0.3, -0.25) is 9.69 Å². The molecule has 5 heteroatoms. The second-order valence-corrected chi connectivity index (χ2v) is 7.67. The molecule has 1 saturated heterocycles. The topological polar surface area (TPSA) is 53.4 Å². The molecule has 2 rings (SSSR count). The van der Waals surface area contributed by atoms with E-state index in [0.717, 1.165) is 42.9 Å². The lowest BCUT2D eigenvalue weighted by Crippen LogP contribution is -2.48. The van der Waals surface area contributed by atoms with Crippen molar-refractivity contribution in [3.8, 4) is 0 Å². The van der Waals surface area contributed by atoms with Crippen LogP contribution in [0.5, 0.6) is 0 Å². The first-order valence-electron chi connectivity index (χ1n) is 7.81. The Kier molecular flexibility index (Phi) is 5.04. The molecule has 0 bridgehead atoms. The van der Waals surface area contributed by atoms with Gasteiger partial charge < -0.3 is 5.11 Å². The molecule has 0 aromatic carbocycles. The van der Waals surface area contributed by atoms with Crippen molar-refractivity contribution in [1.82, 2.24) is 9.88 Å². The number of rotatable bonds is 5. The van der Waals surface area contributed by atoms with Gasteiger partial charge in [0, 0.05) is 11.4 Å². The quantitative estimate of drug-likeness (QED) is 0.899. The van der Waals surface area contributed by atoms with Crippen LogP contribution >= 0.6 is 11.3 Å². The van der Waals surface area contributed by atoms with Crippen LogP contribution in [-0.2, 0) is 4.79 Å². The van der Waals surface area contributed by atoms with E-state index in [-0.39, 0.29) is 6.04 Å². The summed E-state index contributed by atoms with van der Waals surface area (Å²) in [5.74, 6) is -0.632. The maximum Gasteiger partial charge on any atom is 0.310 e. The van der Waals surface area contributed by atoms with E-state index in [4.69, 9.17) is 0 Å². The van der Waals surface area contributed by atoms with E-state index in [2.05, 4.69) is 30.7 Å². The minimum Gasteiger partial charge on any atom is -0.481 e. The first-order chi connectivity index (χ1) is 9.89. The minimum absolute atomic E-state index is 0.200. The molecule has 0 amide bonds. The molecule has 0 saturated carbocycles. The van der Waals surface area contributed by atoms with Gasteiger partial charge in [-0.25, -0.2) is 4.98 Å². The number of carbonyl (C=O) groups is 1. The van der Waals surface area contributed by atoms with Crippen molar-refractivity contribution >= 4 is 17.3 Å². The summed E-state index contributed by atoms with van der Waals surface area (Å²) in [6.07, 6.45) is 3.44. The fraction of sp³-hybridized carbons (Fsp3) is 0.750. The summed E-state index contributed by atoms with van der Waals surface area (Å²) in [7, 11) is 0. The molecule has 0 radical (unpaired) electrons. The molecule has 1 aliphatic heterocycles. The molecule has 118 valence electrons. The van der Waals surface area contributed by atoms with Crippen molar-refractivity contribution in [2.45, 2.75) is 59.4 Å². The molecule has 21 heavy (non-hydrogen) atoms. The summed E-state index contributed by atoms with van der Waals surface area (Å²) in [6, 6.07) is 0.200. The molecule has 1 aromatic rings. The number of aryl methyl sites for hydroxylation is 2. The van der Waals surface area contributed by atoms with Gasteiger partial charge in [-0.2, -0.15) is 0 Å². The van der Waals surface area contributed by atoms with E-state index in [1.165, 1.54) is 4.88 Å². The van der Waals surface area contributed by atoms with Gasteiger partial charge in [0.1, 0.15) is 0 Å². The van der Waals surface area contributed by atoms with E-state index in [1.54, 1.807) is 11.3 Å². The Labute approximate surface area is 131 Å². The summed E-state index contributed by atoms with van der Waals surface area (Å²) in [4.78, 5) is 20.0. The average Bonchev–Trinajstić information content (AvgIpc) is 2.77. The highest BCUT2D eigenvalue weighted by molar-refractivity contribution is 7.11. The zero-order chi connectivity index (χ0) is 15.6. The van der Waals surface area contributed by atoms with Crippen LogP contribution in [-0.4, -0.2) is 34.0 Å². The Morgan fingerprint density at radius 3 is 2.76 bits per heavy atom. The first kappa shape index (κ1) is 16.4. The van der Waals surface area contributed by atoms with Crippen LogP contribution in [0.1, 0.15) is 61.2 Å². The Bertz CT molecular complexity index is 510. The standard InChI is InChI=1S/C16H26N2O2S/c1-5-7-16(15(19)20)8-6-9-18(10-16)11(2)14-12(3)21-13(4)17-14/h11H,5-10H2,1-4H3,(H,19,20). The predicted octanol–water partition coefficient (Wildman–Crippen LogP) is 3.79. The van der Waals surface area contributed by atoms with Crippen LogP contribution in [0.4, 0.5) is 0 Å². The first-order valence-corrected chi connectivity index (χ1v) is 8.62. The lowest BCUT2D eigenvalue weighted by Gasteiger charge is -2.42. The zero-order valence-electron chi connectivity index (χ0n) is 13.5. The second-order valence-electron chi connectivity index (χ2n) is 6.26. The normalized spacial score (nSPS) is 25.0. The third kappa shape index (κ3) is 3.29. The summed E-state index contributed by atoms with van der Waals surface area (Å²) in [6.45, 7) is 9.98. The molecule has 2 heterocycles. The van der Waals surface area contributed by atoms with Crippen LogP contribution < -0.4 is 0 Å². The summed E-state index contributed by atoms with van der Waals surface area (Å²) in [5.41, 5.74) is 0.551. The van der Waals surface area contributed by atoms with Gasteiger partial charge in [-0.15, -0.1) is 11.3 Å². The predicted molar refractivity (Wildman–Crippen MR) is 85.8 cm³/mol. The largest absolute Gasteiger partial charge is 0.481 e. The second kappa shape index (κ2) is 6.44. The molecule has 1 aromatic heterocycles. The van der Waals surface area contributed by atoms with Crippen molar-refractivity contribution in [3.63, 3.8) is 0 Å². The Hall–Kier alpha value is -0.940. The highest BCUT2D eigenvalue weighted by Crippen LogP contribution is 2.39. The van der Waals surface area contributed by atoms with Gasteiger partial charge in [-0.1, -0.05) is 13.3 Å². The number of hydrogen-bond donors (Lipinski definition) is 1. The van der Waals surface area contributed by atoms with E-state index in [9.17, 15) is 9.90 Å². The van der Waals surface area contributed by atoms with Gasteiger partial charge in [0.15, 0.2) is 0 Å². The molecule has 2 unspecified atom stereocenters. The van der Waals surface area contributed by atoms with E-state index >= 15 is 0 Å². The fourth-order valence-corrected chi connectivity index (χ4v) is 4.48. The molecular formula is C16H26N2O2S. The van der Waals surface area contributed by atoms with Gasteiger partial charge in [-0.05, 0) is 46.6 Å². The Balaban J connectivity index is 2.20. The monoisotopic (exact) mass is 310 g/mol. The maximum absolute atomic E-state index is 11.8. The third-order valence-electron chi connectivity index (χ3n) is 4.67. The summed E-state index contributed by atoms with van der Waals surface area (Å²) in [5, 5.41) is 10.8. The van der Waals surface area contributed by atoms with Crippen LogP contribution in [0.15, 0.2) is 0 Å². The van der Waals surface area contributed by atoms with Gasteiger partial charge in [0.05, 0.1) is 22.2 Å². The Morgan fingerprint density at radius 2 is 2.24 bits per heavy atom. The van der Waals surface area contributed by atoms with E-state index in [1.807, 2.05) is 6.92 Å². The number of likely N-dealkylation sites (tertiary alicyclic amines) is 1. The molecule has 0 aliphatic carbocycles. The van der Waals surface area contributed by atoms with Gasteiger partial charge in [0.25, 0.3) is 0 Å². The maximum atomic E-state index is 11.8. The molecule has 1 fully saturated rings. The summed E-state index contributed by atoms with van der Waals surface area (Å²) >= 11 is 1.72.